The van der Waals surface area contributed by atoms with Crippen LogP contribution in [0.3, 0.4) is 0 Å². The summed E-state index contributed by atoms with van der Waals surface area (Å²) in [5.41, 5.74) is 2.89. The van der Waals surface area contributed by atoms with Gasteiger partial charge >= 0.3 is 0 Å². The van der Waals surface area contributed by atoms with Gasteiger partial charge in [-0.1, -0.05) is 60.7 Å². The normalized spacial score (nSPS) is 28.3. The van der Waals surface area contributed by atoms with Crippen LogP contribution in [0.15, 0.2) is 65.7 Å². The standard InChI is InChI=1S/C26H33N3/c1-3-8-20(9-4-1)14-16-22-18-24-12-7-13-25-19-23(28-26(27-22)29(24)25)17-15-21-10-5-2-6-11-21/h1-6,8-11,22-25H,7,12-19H2,(H,27,28)/t22-,23+,24+,25-. The van der Waals surface area contributed by atoms with E-state index in [1.807, 2.05) is 0 Å². The van der Waals surface area contributed by atoms with E-state index in [9.17, 15) is 0 Å². The van der Waals surface area contributed by atoms with Crippen molar-refractivity contribution in [1.29, 1.82) is 0 Å². The summed E-state index contributed by atoms with van der Waals surface area (Å²) in [6.07, 6.45) is 11.2. The molecule has 0 bridgehead atoms. The van der Waals surface area contributed by atoms with E-state index in [4.69, 9.17) is 4.99 Å². The third-order valence-electron chi connectivity index (χ3n) is 7.08. The molecule has 3 aliphatic rings. The van der Waals surface area contributed by atoms with Gasteiger partial charge in [0.05, 0.1) is 6.04 Å². The van der Waals surface area contributed by atoms with Crippen LogP contribution in [-0.2, 0) is 12.8 Å². The number of aliphatic imine (C=N–C) groups is 1. The summed E-state index contributed by atoms with van der Waals surface area (Å²) in [5.74, 6) is 1.22. The summed E-state index contributed by atoms with van der Waals surface area (Å²) < 4.78 is 0. The Kier molecular flexibility index (Phi) is 5.56. The van der Waals surface area contributed by atoms with Gasteiger partial charge < -0.3 is 10.2 Å². The first-order valence-electron chi connectivity index (χ1n) is 11.6. The molecular formula is C26H33N3. The zero-order valence-electron chi connectivity index (χ0n) is 17.3. The monoisotopic (exact) mass is 387 g/mol. The van der Waals surface area contributed by atoms with Crippen LogP contribution in [-0.4, -0.2) is 35.0 Å². The van der Waals surface area contributed by atoms with E-state index in [0.29, 0.717) is 24.2 Å². The van der Waals surface area contributed by atoms with Crippen LogP contribution in [0.2, 0.25) is 0 Å². The highest BCUT2D eigenvalue weighted by Crippen LogP contribution is 2.35. The van der Waals surface area contributed by atoms with E-state index in [1.165, 1.54) is 62.0 Å². The molecule has 5 rings (SSSR count). The third-order valence-corrected chi connectivity index (χ3v) is 7.08. The van der Waals surface area contributed by atoms with Gasteiger partial charge in [0.2, 0.25) is 0 Å². The minimum Gasteiger partial charge on any atom is -0.353 e. The number of hydrogen-bond acceptors (Lipinski definition) is 3. The maximum Gasteiger partial charge on any atom is 0.194 e. The van der Waals surface area contributed by atoms with Crippen LogP contribution < -0.4 is 5.32 Å². The van der Waals surface area contributed by atoms with Gasteiger partial charge in [-0.05, 0) is 68.9 Å². The van der Waals surface area contributed by atoms with E-state index in [0.717, 1.165) is 12.8 Å². The lowest BCUT2D eigenvalue weighted by molar-refractivity contribution is 0.0987. The summed E-state index contributed by atoms with van der Waals surface area (Å²) >= 11 is 0. The van der Waals surface area contributed by atoms with Crippen LogP contribution >= 0.6 is 0 Å². The minimum atomic E-state index is 0.463. The van der Waals surface area contributed by atoms with Gasteiger partial charge in [0, 0.05) is 18.1 Å². The van der Waals surface area contributed by atoms with Crippen molar-refractivity contribution < 1.29 is 0 Å². The molecule has 3 heteroatoms. The molecule has 2 saturated heterocycles. The van der Waals surface area contributed by atoms with Gasteiger partial charge in [0.15, 0.2) is 5.96 Å². The lowest BCUT2D eigenvalue weighted by atomic mass is 9.84. The van der Waals surface area contributed by atoms with Crippen LogP contribution in [0.4, 0.5) is 0 Å². The zero-order chi connectivity index (χ0) is 19.5. The molecule has 29 heavy (non-hydrogen) atoms. The lowest BCUT2D eigenvalue weighted by Crippen LogP contribution is -2.64. The maximum atomic E-state index is 5.24. The summed E-state index contributed by atoms with van der Waals surface area (Å²) in [6, 6.07) is 24.2. The average Bonchev–Trinajstić information content (AvgIpc) is 2.78. The quantitative estimate of drug-likeness (QED) is 0.758. The van der Waals surface area contributed by atoms with Crippen molar-refractivity contribution in [3.63, 3.8) is 0 Å². The Balaban J connectivity index is 1.26. The molecule has 2 aromatic carbocycles. The van der Waals surface area contributed by atoms with E-state index >= 15 is 0 Å². The lowest BCUT2D eigenvalue weighted by Gasteiger charge is -2.52. The molecule has 0 amide bonds. The van der Waals surface area contributed by atoms with Crippen molar-refractivity contribution in [3.8, 4) is 0 Å². The Bertz CT molecular complexity index is 816. The number of benzene rings is 2. The number of piperidine rings is 1. The first kappa shape index (κ1) is 18.7. The van der Waals surface area contributed by atoms with Crippen molar-refractivity contribution in [3.05, 3.63) is 71.8 Å². The summed E-state index contributed by atoms with van der Waals surface area (Å²) in [5, 5.41) is 3.86. The molecule has 0 saturated carbocycles. The highest BCUT2D eigenvalue weighted by Gasteiger charge is 2.41. The first-order valence-corrected chi connectivity index (χ1v) is 11.6. The van der Waals surface area contributed by atoms with Crippen molar-refractivity contribution in [2.24, 2.45) is 4.99 Å². The SMILES string of the molecule is c1ccc(CC[C@@H]2C[C@@H]3CCC[C@@H]4C[C@H](CCc5ccccc5)NC(=N2)N43)cc1. The summed E-state index contributed by atoms with van der Waals surface area (Å²) in [7, 11) is 0. The molecule has 0 spiro atoms. The smallest absolute Gasteiger partial charge is 0.194 e. The molecule has 0 radical (unpaired) electrons. The Morgan fingerprint density at radius 3 is 2.10 bits per heavy atom. The molecule has 4 atom stereocenters. The molecule has 3 aliphatic heterocycles. The van der Waals surface area contributed by atoms with Crippen LogP contribution in [0.25, 0.3) is 0 Å². The first-order chi connectivity index (χ1) is 14.3. The highest BCUT2D eigenvalue weighted by atomic mass is 15.4. The van der Waals surface area contributed by atoms with E-state index < -0.39 is 0 Å². The number of hydrogen-bond donors (Lipinski definition) is 1. The third kappa shape index (κ3) is 4.34. The molecule has 0 aromatic heterocycles. The molecule has 1 N–H and O–H groups in total. The fourth-order valence-corrected chi connectivity index (χ4v) is 5.60. The van der Waals surface area contributed by atoms with Crippen molar-refractivity contribution in [2.75, 3.05) is 0 Å². The molecule has 3 nitrogen and oxygen atoms in total. The van der Waals surface area contributed by atoms with Crippen molar-refractivity contribution in [2.45, 2.75) is 82.0 Å². The number of guanidine groups is 1. The topological polar surface area (TPSA) is 27.6 Å². The molecular weight excluding hydrogens is 354 g/mol. The molecule has 0 aliphatic carbocycles. The summed E-state index contributed by atoms with van der Waals surface area (Å²) in [4.78, 5) is 7.91. The van der Waals surface area contributed by atoms with Gasteiger partial charge in [-0.3, -0.25) is 0 Å². The fourth-order valence-electron chi connectivity index (χ4n) is 5.60. The molecule has 3 heterocycles. The predicted octanol–water partition coefficient (Wildman–Crippen LogP) is 4.97. The van der Waals surface area contributed by atoms with Gasteiger partial charge in [0.1, 0.15) is 0 Å². The highest BCUT2D eigenvalue weighted by molar-refractivity contribution is 5.82. The fraction of sp³-hybridized carbons (Fsp3) is 0.500. The second-order valence-electron chi connectivity index (χ2n) is 9.11. The van der Waals surface area contributed by atoms with Gasteiger partial charge in [-0.25, -0.2) is 4.99 Å². The Hall–Kier alpha value is -2.29. The van der Waals surface area contributed by atoms with Crippen LogP contribution in [0.5, 0.6) is 0 Å². The second-order valence-corrected chi connectivity index (χ2v) is 9.11. The Morgan fingerprint density at radius 1 is 0.793 bits per heavy atom. The van der Waals surface area contributed by atoms with Crippen molar-refractivity contribution >= 4 is 5.96 Å². The van der Waals surface area contributed by atoms with Gasteiger partial charge in [-0.2, -0.15) is 0 Å². The van der Waals surface area contributed by atoms with Crippen LogP contribution in [0, 0.1) is 0 Å². The number of aryl methyl sites for hydroxylation is 2. The Labute approximate surface area is 175 Å². The van der Waals surface area contributed by atoms with E-state index in [-0.39, 0.29) is 0 Å². The minimum absolute atomic E-state index is 0.463. The van der Waals surface area contributed by atoms with E-state index in [1.54, 1.807) is 0 Å². The molecule has 0 unspecified atom stereocenters. The molecule has 152 valence electrons. The van der Waals surface area contributed by atoms with Gasteiger partial charge in [-0.15, -0.1) is 0 Å². The summed E-state index contributed by atoms with van der Waals surface area (Å²) in [6.45, 7) is 0. The largest absolute Gasteiger partial charge is 0.353 e. The predicted molar refractivity (Wildman–Crippen MR) is 120 cm³/mol. The van der Waals surface area contributed by atoms with Crippen LogP contribution in [0.1, 0.15) is 56.1 Å². The van der Waals surface area contributed by atoms with E-state index in [2.05, 4.69) is 70.9 Å². The number of rotatable bonds is 6. The van der Waals surface area contributed by atoms with Gasteiger partial charge in [0.25, 0.3) is 0 Å². The molecule has 2 aromatic rings. The second kappa shape index (κ2) is 8.61. The number of nitrogens with zero attached hydrogens (tertiary/aromatic N) is 2. The molecule has 2 fully saturated rings. The Morgan fingerprint density at radius 2 is 1.41 bits per heavy atom. The van der Waals surface area contributed by atoms with Crippen molar-refractivity contribution in [1.82, 2.24) is 10.2 Å². The number of nitrogens with one attached hydrogen (secondary N) is 1. The average molecular weight is 388 g/mol. The zero-order valence-corrected chi connectivity index (χ0v) is 17.3. The maximum absolute atomic E-state index is 5.24.